The van der Waals surface area contributed by atoms with E-state index in [0.717, 1.165) is 0 Å². The van der Waals surface area contributed by atoms with Crippen molar-refractivity contribution in [3.05, 3.63) is 35.6 Å². The number of hydrogen-bond acceptors (Lipinski definition) is 4. The van der Waals surface area contributed by atoms with Gasteiger partial charge in [0.25, 0.3) is 0 Å². The third-order valence-electron chi connectivity index (χ3n) is 3.83. The van der Waals surface area contributed by atoms with Crippen molar-refractivity contribution in [3.8, 4) is 0 Å². The number of benzene rings is 1. The SMILES string of the molecule is CC(C)[C@H](NS(=O)(=O)Cc1ccc(F)cc1)C(=O)N1CCOCC1. The number of hydrogen-bond donors (Lipinski definition) is 1. The Balaban J connectivity index is 2.07. The molecule has 0 saturated carbocycles. The van der Waals surface area contributed by atoms with Gasteiger partial charge in [0.15, 0.2) is 0 Å². The van der Waals surface area contributed by atoms with Gasteiger partial charge in [-0.05, 0) is 23.6 Å². The molecular weight excluding hydrogens is 335 g/mol. The van der Waals surface area contributed by atoms with E-state index in [1.807, 2.05) is 0 Å². The summed E-state index contributed by atoms with van der Waals surface area (Å²) in [6.45, 7) is 5.42. The zero-order chi connectivity index (χ0) is 17.7. The van der Waals surface area contributed by atoms with Gasteiger partial charge in [-0.2, -0.15) is 0 Å². The van der Waals surface area contributed by atoms with E-state index in [2.05, 4.69) is 4.72 Å². The van der Waals surface area contributed by atoms with Gasteiger partial charge in [-0.1, -0.05) is 26.0 Å². The molecule has 8 heteroatoms. The first kappa shape index (κ1) is 18.8. The smallest absolute Gasteiger partial charge is 0.241 e. The first-order valence-electron chi connectivity index (χ1n) is 7.89. The third kappa shape index (κ3) is 5.25. The number of nitrogens with zero attached hydrogens (tertiary/aromatic N) is 1. The highest BCUT2D eigenvalue weighted by Crippen LogP contribution is 2.12. The van der Waals surface area contributed by atoms with Gasteiger partial charge in [-0.3, -0.25) is 4.79 Å². The van der Waals surface area contributed by atoms with Crippen LogP contribution in [-0.4, -0.2) is 51.6 Å². The summed E-state index contributed by atoms with van der Waals surface area (Å²) in [4.78, 5) is 14.2. The van der Waals surface area contributed by atoms with Crippen LogP contribution in [0, 0.1) is 11.7 Å². The number of carbonyl (C=O) groups is 1. The molecule has 2 rings (SSSR count). The quantitative estimate of drug-likeness (QED) is 0.827. The molecule has 6 nitrogen and oxygen atoms in total. The summed E-state index contributed by atoms with van der Waals surface area (Å²) in [7, 11) is -3.73. The molecule has 1 amide bonds. The lowest BCUT2D eigenvalue weighted by atomic mass is 10.0. The number of halogens is 1. The van der Waals surface area contributed by atoms with Crippen molar-refractivity contribution in [2.45, 2.75) is 25.6 Å². The normalized spacial score (nSPS) is 17.1. The van der Waals surface area contributed by atoms with Crippen molar-refractivity contribution in [1.82, 2.24) is 9.62 Å². The highest BCUT2D eigenvalue weighted by molar-refractivity contribution is 7.88. The zero-order valence-electron chi connectivity index (χ0n) is 13.9. The molecule has 0 aliphatic carbocycles. The van der Waals surface area contributed by atoms with Crippen molar-refractivity contribution in [1.29, 1.82) is 0 Å². The van der Waals surface area contributed by atoms with Gasteiger partial charge in [0.05, 0.1) is 19.0 Å². The van der Waals surface area contributed by atoms with E-state index in [9.17, 15) is 17.6 Å². The second-order valence-corrected chi connectivity index (χ2v) is 7.92. The molecule has 24 heavy (non-hydrogen) atoms. The van der Waals surface area contributed by atoms with Crippen molar-refractivity contribution < 1.29 is 22.3 Å². The topological polar surface area (TPSA) is 75.7 Å². The number of carbonyl (C=O) groups excluding carboxylic acids is 1. The fourth-order valence-corrected chi connectivity index (χ4v) is 3.96. The van der Waals surface area contributed by atoms with Crippen LogP contribution in [0.15, 0.2) is 24.3 Å². The Morgan fingerprint density at radius 1 is 1.25 bits per heavy atom. The van der Waals surface area contributed by atoms with Crippen molar-refractivity contribution in [2.75, 3.05) is 26.3 Å². The maximum absolute atomic E-state index is 12.9. The zero-order valence-corrected chi connectivity index (χ0v) is 14.7. The Morgan fingerprint density at radius 3 is 2.38 bits per heavy atom. The minimum Gasteiger partial charge on any atom is -0.378 e. The number of amides is 1. The van der Waals surface area contributed by atoms with Crippen LogP contribution in [0.25, 0.3) is 0 Å². The Kier molecular flexibility index (Phi) is 6.31. The number of nitrogens with one attached hydrogen (secondary N) is 1. The standard InChI is InChI=1S/C16H23FN2O4S/c1-12(2)15(16(20)19-7-9-23-10-8-19)18-24(21,22)11-13-3-5-14(17)6-4-13/h3-6,12,15,18H,7-11H2,1-2H3/t15-/m0/s1. The molecule has 0 bridgehead atoms. The molecule has 1 atom stereocenters. The van der Waals surface area contributed by atoms with Crippen LogP contribution in [0.2, 0.25) is 0 Å². The maximum atomic E-state index is 12.9. The Bertz CT molecular complexity index is 655. The average Bonchev–Trinajstić information content (AvgIpc) is 2.54. The van der Waals surface area contributed by atoms with Crippen LogP contribution >= 0.6 is 0 Å². The molecular formula is C16H23FN2O4S. The molecule has 1 aromatic carbocycles. The highest BCUT2D eigenvalue weighted by Gasteiger charge is 2.31. The van der Waals surface area contributed by atoms with Crippen LogP contribution in [-0.2, 0) is 25.3 Å². The number of morpholine rings is 1. The lowest BCUT2D eigenvalue weighted by Crippen LogP contribution is -2.53. The third-order valence-corrected chi connectivity index (χ3v) is 5.16. The number of sulfonamides is 1. The summed E-state index contributed by atoms with van der Waals surface area (Å²) in [5.74, 6) is -1.15. The van der Waals surface area contributed by atoms with Crippen LogP contribution < -0.4 is 4.72 Å². The summed E-state index contributed by atoms with van der Waals surface area (Å²) in [5.41, 5.74) is 0.463. The van der Waals surface area contributed by atoms with E-state index in [1.165, 1.54) is 24.3 Å². The molecule has 1 aliphatic rings. The van der Waals surface area contributed by atoms with Gasteiger partial charge in [0.1, 0.15) is 11.9 Å². The molecule has 1 N–H and O–H groups in total. The van der Waals surface area contributed by atoms with Crippen molar-refractivity contribution >= 4 is 15.9 Å². The summed E-state index contributed by atoms with van der Waals surface area (Å²) in [6, 6.07) is 4.44. The van der Waals surface area contributed by atoms with Crippen molar-refractivity contribution in [2.24, 2.45) is 5.92 Å². The van der Waals surface area contributed by atoms with Gasteiger partial charge in [0, 0.05) is 13.1 Å². The first-order valence-corrected chi connectivity index (χ1v) is 9.55. The molecule has 0 unspecified atom stereocenters. The highest BCUT2D eigenvalue weighted by atomic mass is 32.2. The molecule has 0 radical (unpaired) electrons. The molecule has 1 aliphatic heterocycles. The minimum atomic E-state index is -3.73. The number of ether oxygens (including phenoxy) is 1. The summed E-state index contributed by atoms with van der Waals surface area (Å²) in [6.07, 6.45) is 0. The second-order valence-electron chi connectivity index (χ2n) is 6.16. The van der Waals surface area contributed by atoms with Gasteiger partial charge in [0.2, 0.25) is 15.9 Å². The maximum Gasteiger partial charge on any atom is 0.241 e. The Morgan fingerprint density at radius 2 is 1.83 bits per heavy atom. The molecule has 1 saturated heterocycles. The first-order chi connectivity index (χ1) is 11.3. The van der Waals surface area contributed by atoms with Crippen LogP contribution in [0.1, 0.15) is 19.4 Å². The van der Waals surface area contributed by atoms with E-state index in [-0.39, 0.29) is 17.6 Å². The lowest BCUT2D eigenvalue weighted by molar-refractivity contribution is -0.138. The Labute approximate surface area is 142 Å². The van der Waals surface area contributed by atoms with Crippen LogP contribution in [0.5, 0.6) is 0 Å². The predicted octanol–water partition coefficient (Wildman–Crippen LogP) is 1.13. The van der Waals surface area contributed by atoms with E-state index < -0.39 is 21.9 Å². The fraction of sp³-hybridized carbons (Fsp3) is 0.562. The Hall–Kier alpha value is -1.51. The van der Waals surface area contributed by atoms with Crippen LogP contribution in [0.4, 0.5) is 4.39 Å². The number of rotatable bonds is 6. The summed E-state index contributed by atoms with van der Waals surface area (Å²) < 4.78 is 45.4. The van der Waals surface area contributed by atoms with Crippen molar-refractivity contribution in [3.63, 3.8) is 0 Å². The summed E-state index contributed by atoms with van der Waals surface area (Å²) in [5, 5.41) is 0. The monoisotopic (exact) mass is 358 g/mol. The predicted molar refractivity (Wildman–Crippen MR) is 88.2 cm³/mol. The van der Waals surface area contributed by atoms with E-state index in [4.69, 9.17) is 4.74 Å². The summed E-state index contributed by atoms with van der Waals surface area (Å²) >= 11 is 0. The molecule has 0 aromatic heterocycles. The van der Waals surface area contributed by atoms with E-state index >= 15 is 0 Å². The van der Waals surface area contributed by atoms with E-state index in [0.29, 0.717) is 31.9 Å². The lowest BCUT2D eigenvalue weighted by Gasteiger charge is -2.32. The fourth-order valence-electron chi connectivity index (χ4n) is 2.49. The largest absolute Gasteiger partial charge is 0.378 e. The molecule has 1 fully saturated rings. The molecule has 1 aromatic rings. The van der Waals surface area contributed by atoms with Gasteiger partial charge in [-0.15, -0.1) is 0 Å². The second kappa shape index (κ2) is 8.04. The van der Waals surface area contributed by atoms with Gasteiger partial charge >= 0.3 is 0 Å². The van der Waals surface area contributed by atoms with Crippen LogP contribution in [0.3, 0.4) is 0 Å². The molecule has 134 valence electrons. The van der Waals surface area contributed by atoms with Gasteiger partial charge in [-0.25, -0.2) is 17.5 Å². The van der Waals surface area contributed by atoms with Gasteiger partial charge < -0.3 is 9.64 Å². The van der Waals surface area contributed by atoms with E-state index in [1.54, 1.807) is 18.7 Å². The molecule has 0 spiro atoms. The minimum absolute atomic E-state index is 0.191. The average molecular weight is 358 g/mol. The molecule has 1 heterocycles.